The Labute approximate surface area is 105 Å². The Balaban J connectivity index is 1.96. The van der Waals surface area contributed by atoms with Gasteiger partial charge in [-0.1, -0.05) is 12.1 Å². The third-order valence-corrected chi connectivity index (χ3v) is 2.38. The molecule has 5 nitrogen and oxygen atoms in total. The summed E-state index contributed by atoms with van der Waals surface area (Å²) in [6, 6.07) is 9.03. The van der Waals surface area contributed by atoms with Crippen LogP contribution in [0, 0.1) is 6.92 Å². The van der Waals surface area contributed by atoms with E-state index in [1.807, 2.05) is 25.3 Å². The van der Waals surface area contributed by atoms with Crippen LogP contribution in [-0.4, -0.2) is 22.5 Å². The normalized spacial score (nSPS) is 9.83. The number of hydrogen-bond acceptors (Lipinski definition) is 4. The Hall–Kier alpha value is -2.39. The molecule has 18 heavy (non-hydrogen) atoms. The van der Waals surface area contributed by atoms with Crippen molar-refractivity contribution in [1.29, 1.82) is 0 Å². The van der Waals surface area contributed by atoms with Crippen molar-refractivity contribution in [3.8, 4) is 5.75 Å². The minimum absolute atomic E-state index is 0.465. The number of aliphatic imine (C=N–C) groups is 1. The predicted octanol–water partition coefficient (Wildman–Crippen LogP) is 2.24. The van der Waals surface area contributed by atoms with Gasteiger partial charge in [0, 0.05) is 6.20 Å². The fourth-order valence-corrected chi connectivity index (χ4v) is 1.56. The fraction of sp³-hybridized carbons (Fsp3) is 0.231. The van der Waals surface area contributed by atoms with E-state index >= 15 is 0 Å². The predicted molar refractivity (Wildman–Crippen MR) is 66.7 cm³/mol. The van der Waals surface area contributed by atoms with E-state index in [0.29, 0.717) is 24.6 Å². The first kappa shape index (κ1) is 12.1. The molecule has 92 valence electrons. The summed E-state index contributed by atoms with van der Waals surface area (Å²) in [4.78, 5) is 13.8. The van der Waals surface area contributed by atoms with Gasteiger partial charge in [0.1, 0.15) is 18.0 Å². The number of benzene rings is 1. The van der Waals surface area contributed by atoms with Gasteiger partial charge < -0.3 is 4.74 Å². The van der Waals surface area contributed by atoms with Crippen molar-refractivity contribution >= 4 is 11.8 Å². The standard InChI is InChI=1S/C13H13N3O2/c1-11-6-7-16(15-11)8-9-18-13-5-3-2-4-12(13)14-10-17/h2-7H,8-9H2,1H3. The number of ether oxygens (including phenoxy) is 1. The number of isocyanates is 1. The highest BCUT2D eigenvalue weighted by molar-refractivity contribution is 5.57. The van der Waals surface area contributed by atoms with Gasteiger partial charge in [-0.15, -0.1) is 0 Å². The minimum Gasteiger partial charge on any atom is -0.489 e. The lowest BCUT2D eigenvalue weighted by Gasteiger charge is -2.07. The summed E-state index contributed by atoms with van der Waals surface area (Å²) in [5, 5.41) is 4.25. The second kappa shape index (κ2) is 5.80. The van der Waals surface area contributed by atoms with Crippen LogP contribution in [0.3, 0.4) is 0 Å². The maximum Gasteiger partial charge on any atom is 0.240 e. The van der Waals surface area contributed by atoms with Crippen LogP contribution in [0.2, 0.25) is 0 Å². The molecule has 0 radical (unpaired) electrons. The van der Waals surface area contributed by atoms with E-state index in [9.17, 15) is 4.79 Å². The van der Waals surface area contributed by atoms with E-state index in [1.54, 1.807) is 22.9 Å². The van der Waals surface area contributed by atoms with Gasteiger partial charge in [-0.2, -0.15) is 10.1 Å². The molecule has 1 aromatic carbocycles. The second-order valence-electron chi connectivity index (χ2n) is 3.74. The molecule has 0 saturated heterocycles. The van der Waals surface area contributed by atoms with Gasteiger partial charge >= 0.3 is 0 Å². The molecule has 0 aliphatic rings. The summed E-state index contributed by atoms with van der Waals surface area (Å²) in [6.07, 6.45) is 3.41. The number of nitrogens with zero attached hydrogens (tertiary/aromatic N) is 3. The molecular formula is C13H13N3O2. The average molecular weight is 243 g/mol. The zero-order valence-corrected chi connectivity index (χ0v) is 10.0. The van der Waals surface area contributed by atoms with Gasteiger partial charge in [0.05, 0.1) is 12.2 Å². The van der Waals surface area contributed by atoms with Crippen LogP contribution < -0.4 is 4.74 Å². The molecule has 0 N–H and O–H groups in total. The summed E-state index contributed by atoms with van der Waals surface area (Å²) in [7, 11) is 0. The Morgan fingerprint density at radius 1 is 1.39 bits per heavy atom. The van der Waals surface area contributed by atoms with E-state index in [1.165, 1.54) is 6.08 Å². The van der Waals surface area contributed by atoms with Gasteiger partial charge in [-0.05, 0) is 25.1 Å². The van der Waals surface area contributed by atoms with Gasteiger partial charge in [-0.25, -0.2) is 4.79 Å². The highest BCUT2D eigenvalue weighted by Crippen LogP contribution is 2.26. The number of hydrogen-bond donors (Lipinski definition) is 0. The van der Waals surface area contributed by atoms with E-state index < -0.39 is 0 Å². The number of rotatable bonds is 5. The summed E-state index contributed by atoms with van der Waals surface area (Å²) >= 11 is 0. The van der Waals surface area contributed by atoms with Crippen molar-refractivity contribution in [2.24, 2.45) is 4.99 Å². The highest BCUT2D eigenvalue weighted by atomic mass is 16.5. The zero-order chi connectivity index (χ0) is 12.8. The molecular weight excluding hydrogens is 230 g/mol. The molecule has 2 rings (SSSR count). The monoisotopic (exact) mass is 243 g/mol. The maximum atomic E-state index is 10.3. The summed E-state index contributed by atoms with van der Waals surface area (Å²) in [5.74, 6) is 0.574. The van der Waals surface area contributed by atoms with E-state index in [0.717, 1.165) is 5.69 Å². The first-order chi connectivity index (χ1) is 8.79. The molecule has 0 unspecified atom stereocenters. The molecule has 1 aromatic heterocycles. The molecule has 0 amide bonds. The molecule has 0 aliphatic heterocycles. The molecule has 0 saturated carbocycles. The van der Waals surface area contributed by atoms with Crippen LogP contribution >= 0.6 is 0 Å². The third kappa shape index (κ3) is 3.06. The minimum atomic E-state index is 0.465. The fourth-order valence-electron chi connectivity index (χ4n) is 1.56. The maximum absolute atomic E-state index is 10.3. The Bertz CT molecular complexity index is 571. The lowest BCUT2D eigenvalue weighted by Crippen LogP contribution is -2.08. The van der Waals surface area contributed by atoms with Crippen molar-refractivity contribution in [2.45, 2.75) is 13.5 Å². The van der Waals surface area contributed by atoms with Crippen LogP contribution in [0.25, 0.3) is 0 Å². The van der Waals surface area contributed by atoms with Crippen LogP contribution in [-0.2, 0) is 11.3 Å². The smallest absolute Gasteiger partial charge is 0.240 e. The van der Waals surface area contributed by atoms with Crippen molar-refractivity contribution in [3.05, 3.63) is 42.2 Å². The molecule has 2 aromatic rings. The van der Waals surface area contributed by atoms with E-state index in [-0.39, 0.29) is 0 Å². The lowest BCUT2D eigenvalue weighted by molar-refractivity contribution is 0.292. The molecule has 1 heterocycles. The summed E-state index contributed by atoms with van der Waals surface area (Å²) in [6.45, 7) is 3.05. The summed E-state index contributed by atoms with van der Waals surface area (Å²) in [5.41, 5.74) is 1.46. The molecule has 0 aliphatic carbocycles. The molecule has 0 spiro atoms. The summed E-state index contributed by atoms with van der Waals surface area (Å²) < 4.78 is 7.38. The SMILES string of the molecule is Cc1ccn(CCOc2ccccc2N=C=O)n1. The molecule has 0 atom stereocenters. The number of carbonyl (C=O) groups excluding carboxylic acids is 1. The van der Waals surface area contributed by atoms with Crippen LogP contribution in [0.1, 0.15) is 5.69 Å². The molecule has 0 bridgehead atoms. The van der Waals surface area contributed by atoms with Crippen LogP contribution in [0.15, 0.2) is 41.5 Å². The van der Waals surface area contributed by atoms with Crippen LogP contribution in [0.4, 0.5) is 5.69 Å². The number of para-hydroxylation sites is 2. The Morgan fingerprint density at radius 2 is 2.22 bits per heavy atom. The quantitative estimate of drug-likeness (QED) is 0.597. The van der Waals surface area contributed by atoms with Gasteiger partial charge in [0.2, 0.25) is 6.08 Å². The third-order valence-electron chi connectivity index (χ3n) is 2.38. The topological polar surface area (TPSA) is 56.5 Å². The first-order valence-corrected chi connectivity index (χ1v) is 5.59. The Kier molecular flexibility index (Phi) is 3.89. The van der Waals surface area contributed by atoms with Crippen molar-refractivity contribution in [1.82, 2.24) is 9.78 Å². The van der Waals surface area contributed by atoms with Crippen molar-refractivity contribution in [2.75, 3.05) is 6.61 Å². The van der Waals surface area contributed by atoms with Gasteiger partial charge in [0.15, 0.2) is 0 Å². The number of aromatic nitrogens is 2. The molecule has 5 heteroatoms. The van der Waals surface area contributed by atoms with E-state index in [2.05, 4.69) is 10.1 Å². The second-order valence-corrected chi connectivity index (χ2v) is 3.74. The average Bonchev–Trinajstić information content (AvgIpc) is 2.78. The van der Waals surface area contributed by atoms with E-state index in [4.69, 9.17) is 4.74 Å². The number of aryl methyl sites for hydroxylation is 1. The van der Waals surface area contributed by atoms with Crippen molar-refractivity contribution < 1.29 is 9.53 Å². The molecule has 0 fully saturated rings. The van der Waals surface area contributed by atoms with Crippen molar-refractivity contribution in [3.63, 3.8) is 0 Å². The highest BCUT2D eigenvalue weighted by Gasteiger charge is 2.01. The van der Waals surface area contributed by atoms with Crippen LogP contribution in [0.5, 0.6) is 5.75 Å². The van der Waals surface area contributed by atoms with Gasteiger partial charge in [-0.3, -0.25) is 4.68 Å². The largest absolute Gasteiger partial charge is 0.489 e. The first-order valence-electron chi connectivity index (χ1n) is 5.59. The zero-order valence-electron chi connectivity index (χ0n) is 10.0. The lowest BCUT2D eigenvalue weighted by atomic mass is 10.3. The Morgan fingerprint density at radius 3 is 2.94 bits per heavy atom. The van der Waals surface area contributed by atoms with Gasteiger partial charge in [0.25, 0.3) is 0 Å².